The summed E-state index contributed by atoms with van der Waals surface area (Å²) in [6.07, 6.45) is 2.17. The summed E-state index contributed by atoms with van der Waals surface area (Å²) in [4.78, 5) is 22.8. The molecule has 0 bridgehead atoms. The summed E-state index contributed by atoms with van der Waals surface area (Å²) < 4.78 is 0. The molecule has 0 spiro atoms. The number of hydrogen-bond donors (Lipinski definition) is 2. The topological polar surface area (TPSA) is 66.4 Å². The molecule has 2 N–H and O–H groups in total. The van der Waals surface area contributed by atoms with E-state index in [0.717, 1.165) is 0 Å². The lowest BCUT2D eigenvalue weighted by atomic mass is 10.1. The minimum absolute atomic E-state index is 0.287. The first kappa shape index (κ1) is 14.9. The molecular weight excluding hydrogens is 274 g/mol. The molecule has 0 radical (unpaired) electrons. The van der Waals surface area contributed by atoms with Gasteiger partial charge in [0.1, 0.15) is 0 Å². The maximum Gasteiger partial charge on any atom is 0.330 e. The van der Waals surface area contributed by atoms with Gasteiger partial charge in [-0.25, -0.2) is 4.79 Å². The van der Waals surface area contributed by atoms with Crippen LogP contribution < -0.4 is 5.32 Å². The molecule has 0 aliphatic carbocycles. The molecule has 1 rings (SSSR count). The molecule has 6 heteroatoms. The van der Waals surface area contributed by atoms with Crippen LogP contribution in [0.1, 0.15) is 18.0 Å². The lowest BCUT2D eigenvalue weighted by molar-refractivity contribution is -0.142. The molecular formula is C12H14ClNO3S. The molecule has 1 aromatic carbocycles. The second kappa shape index (κ2) is 7.28. The Kier molecular flexibility index (Phi) is 6.01. The van der Waals surface area contributed by atoms with Crippen LogP contribution >= 0.6 is 23.4 Å². The van der Waals surface area contributed by atoms with Gasteiger partial charge in [0.05, 0.1) is 0 Å². The Labute approximate surface area is 115 Å². The van der Waals surface area contributed by atoms with Crippen molar-refractivity contribution in [2.45, 2.75) is 12.5 Å². The number of amides is 1. The quantitative estimate of drug-likeness (QED) is 0.843. The number of carbonyl (C=O) groups excluding carboxylic acids is 1. The average Bonchev–Trinajstić information content (AvgIpc) is 2.34. The van der Waals surface area contributed by atoms with Crippen molar-refractivity contribution in [2.75, 3.05) is 12.0 Å². The standard InChI is InChI=1S/C12H14ClNO3S/c1-18-7-6-10(15)14-11(12(16)17)8-4-2-3-5-9(8)13/h2-5,11H,6-7H2,1H3,(H,14,15)(H,16,17)/t11-/m1/s1. The third-order valence-corrected chi connectivity index (χ3v) is 3.26. The number of halogens is 1. The van der Waals surface area contributed by atoms with Gasteiger partial charge >= 0.3 is 5.97 Å². The lowest BCUT2D eigenvalue weighted by Gasteiger charge is -2.16. The zero-order chi connectivity index (χ0) is 13.5. The highest BCUT2D eigenvalue weighted by Crippen LogP contribution is 2.23. The van der Waals surface area contributed by atoms with Crippen molar-refractivity contribution in [1.29, 1.82) is 0 Å². The van der Waals surface area contributed by atoms with E-state index in [4.69, 9.17) is 16.7 Å². The van der Waals surface area contributed by atoms with Crippen molar-refractivity contribution in [3.63, 3.8) is 0 Å². The Balaban J connectivity index is 2.81. The highest BCUT2D eigenvalue weighted by atomic mass is 35.5. The van der Waals surface area contributed by atoms with Gasteiger partial charge < -0.3 is 10.4 Å². The van der Waals surface area contributed by atoms with E-state index in [9.17, 15) is 9.59 Å². The number of thioether (sulfide) groups is 1. The van der Waals surface area contributed by atoms with Gasteiger partial charge in [0.2, 0.25) is 5.91 Å². The van der Waals surface area contributed by atoms with Gasteiger partial charge in [-0.1, -0.05) is 29.8 Å². The Bertz CT molecular complexity index is 439. The normalized spacial score (nSPS) is 11.9. The van der Waals surface area contributed by atoms with Crippen molar-refractivity contribution in [1.82, 2.24) is 5.32 Å². The predicted molar refractivity (Wildman–Crippen MR) is 73.0 cm³/mol. The van der Waals surface area contributed by atoms with E-state index in [1.807, 2.05) is 6.26 Å². The highest BCUT2D eigenvalue weighted by molar-refractivity contribution is 7.98. The molecule has 98 valence electrons. The second-order valence-corrected chi connectivity index (χ2v) is 5.00. The zero-order valence-corrected chi connectivity index (χ0v) is 11.4. The van der Waals surface area contributed by atoms with Crippen LogP contribution in [0.5, 0.6) is 0 Å². The van der Waals surface area contributed by atoms with Crippen LogP contribution in [0.25, 0.3) is 0 Å². The number of carbonyl (C=O) groups is 2. The fraction of sp³-hybridized carbons (Fsp3) is 0.333. The molecule has 0 unspecified atom stereocenters. The first-order valence-corrected chi connectivity index (χ1v) is 7.09. The summed E-state index contributed by atoms with van der Waals surface area (Å²) in [5, 5.41) is 11.9. The summed E-state index contributed by atoms with van der Waals surface area (Å²) in [5.74, 6) is -0.766. The van der Waals surface area contributed by atoms with Gasteiger partial charge in [-0.2, -0.15) is 11.8 Å². The molecule has 18 heavy (non-hydrogen) atoms. The van der Waals surface area contributed by atoms with E-state index >= 15 is 0 Å². The van der Waals surface area contributed by atoms with E-state index in [1.165, 1.54) is 11.8 Å². The molecule has 0 saturated carbocycles. The third kappa shape index (κ3) is 4.23. The number of aliphatic carboxylic acids is 1. The number of rotatable bonds is 6. The molecule has 1 amide bonds. The van der Waals surface area contributed by atoms with Gasteiger partial charge in [0.15, 0.2) is 6.04 Å². The molecule has 0 aromatic heterocycles. The summed E-state index contributed by atoms with van der Waals surface area (Å²) in [6.45, 7) is 0. The van der Waals surface area contributed by atoms with Crippen molar-refractivity contribution >= 4 is 35.2 Å². The predicted octanol–water partition coefficient (Wildman–Crippen LogP) is 2.33. The Morgan fingerprint density at radius 1 is 1.44 bits per heavy atom. The smallest absolute Gasteiger partial charge is 0.330 e. The maximum atomic E-state index is 11.6. The van der Waals surface area contributed by atoms with Gasteiger partial charge in [-0.05, 0) is 12.3 Å². The fourth-order valence-electron chi connectivity index (χ4n) is 1.41. The summed E-state index contributed by atoms with van der Waals surface area (Å²) in [7, 11) is 0. The lowest BCUT2D eigenvalue weighted by Crippen LogP contribution is -2.34. The molecule has 0 aliphatic heterocycles. The van der Waals surface area contributed by atoms with E-state index in [0.29, 0.717) is 16.3 Å². The van der Waals surface area contributed by atoms with Crippen molar-refractivity contribution in [2.24, 2.45) is 0 Å². The highest BCUT2D eigenvalue weighted by Gasteiger charge is 2.23. The van der Waals surface area contributed by atoms with Crippen LogP contribution in [0.2, 0.25) is 5.02 Å². The third-order valence-electron chi connectivity index (χ3n) is 2.30. The maximum absolute atomic E-state index is 11.6. The van der Waals surface area contributed by atoms with Crippen molar-refractivity contribution in [3.8, 4) is 0 Å². The van der Waals surface area contributed by atoms with E-state index in [1.54, 1.807) is 24.3 Å². The largest absolute Gasteiger partial charge is 0.479 e. The molecule has 0 fully saturated rings. The SMILES string of the molecule is CSCCC(=O)N[C@@H](C(=O)O)c1ccccc1Cl. The van der Waals surface area contributed by atoms with Crippen LogP contribution in [0.15, 0.2) is 24.3 Å². The number of benzene rings is 1. The Morgan fingerprint density at radius 3 is 2.67 bits per heavy atom. The molecule has 1 atom stereocenters. The van der Waals surface area contributed by atoms with Crippen molar-refractivity contribution in [3.05, 3.63) is 34.9 Å². The van der Waals surface area contributed by atoms with Crippen LogP contribution in [-0.4, -0.2) is 29.0 Å². The number of carboxylic acids is 1. The first-order valence-electron chi connectivity index (χ1n) is 5.31. The molecule has 0 heterocycles. The van der Waals surface area contributed by atoms with Gasteiger partial charge in [0, 0.05) is 22.8 Å². The fourth-order valence-corrected chi connectivity index (χ4v) is 2.04. The average molecular weight is 288 g/mol. The Hall–Kier alpha value is -1.20. The van der Waals surface area contributed by atoms with Crippen LogP contribution in [0.4, 0.5) is 0 Å². The van der Waals surface area contributed by atoms with E-state index in [2.05, 4.69) is 5.32 Å². The second-order valence-electron chi connectivity index (χ2n) is 3.60. The summed E-state index contributed by atoms with van der Waals surface area (Å²) in [6, 6.07) is 5.48. The molecule has 4 nitrogen and oxygen atoms in total. The van der Waals surface area contributed by atoms with E-state index in [-0.39, 0.29) is 12.3 Å². The van der Waals surface area contributed by atoms with Crippen molar-refractivity contribution < 1.29 is 14.7 Å². The summed E-state index contributed by atoms with van der Waals surface area (Å²) in [5.41, 5.74) is 0.393. The van der Waals surface area contributed by atoms with Gasteiger partial charge in [0.25, 0.3) is 0 Å². The monoisotopic (exact) mass is 287 g/mol. The van der Waals surface area contributed by atoms with Gasteiger partial charge in [-0.3, -0.25) is 4.79 Å². The number of carboxylic acid groups (broad SMARTS) is 1. The van der Waals surface area contributed by atoms with Gasteiger partial charge in [-0.15, -0.1) is 0 Å². The zero-order valence-electron chi connectivity index (χ0n) is 9.85. The summed E-state index contributed by atoms with van der Waals surface area (Å²) >= 11 is 7.46. The van der Waals surface area contributed by atoms with Crippen LogP contribution in [-0.2, 0) is 9.59 Å². The molecule has 0 aliphatic rings. The Morgan fingerprint density at radius 2 is 2.11 bits per heavy atom. The van der Waals surface area contributed by atoms with Crippen LogP contribution in [0, 0.1) is 0 Å². The minimum Gasteiger partial charge on any atom is -0.479 e. The first-order chi connectivity index (χ1) is 8.56. The van der Waals surface area contributed by atoms with Crippen LogP contribution in [0.3, 0.4) is 0 Å². The minimum atomic E-state index is -1.12. The molecule has 1 aromatic rings. The number of nitrogens with one attached hydrogen (secondary N) is 1. The molecule has 0 saturated heterocycles. The van der Waals surface area contributed by atoms with E-state index < -0.39 is 12.0 Å². The number of hydrogen-bond acceptors (Lipinski definition) is 3.